The quantitative estimate of drug-likeness (QED) is 0.656. The smallest absolute Gasteiger partial charge is 0.326 e. The van der Waals surface area contributed by atoms with E-state index < -0.39 is 12.0 Å². The maximum atomic E-state index is 12.4. The Bertz CT molecular complexity index is 478. The molecule has 0 aromatic rings. The number of carbonyl (C=O) groups excluding carboxylic acids is 2. The third kappa shape index (κ3) is 6.01. The minimum atomic E-state index is -0.973. The molecule has 3 N–H and O–H groups in total. The van der Waals surface area contributed by atoms with Gasteiger partial charge < -0.3 is 15.7 Å². The van der Waals surface area contributed by atoms with Gasteiger partial charge in [0, 0.05) is 17.9 Å². The Balaban J connectivity index is 1.75. The predicted molar refractivity (Wildman–Crippen MR) is 94.9 cm³/mol. The van der Waals surface area contributed by atoms with Gasteiger partial charge >= 0.3 is 5.97 Å². The van der Waals surface area contributed by atoms with Crippen LogP contribution < -0.4 is 10.6 Å². The Kier molecular flexibility index (Phi) is 7.26. The second-order valence-electron chi connectivity index (χ2n) is 8.07. The van der Waals surface area contributed by atoms with Gasteiger partial charge in [0.05, 0.1) is 0 Å². The van der Waals surface area contributed by atoms with Crippen LogP contribution in [-0.4, -0.2) is 35.0 Å². The lowest BCUT2D eigenvalue weighted by Gasteiger charge is -2.30. The normalized spacial score (nSPS) is 25.6. The molecule has 0 saturated heterocycles. The number of hydrogen-bond acceptors (Lipinski definition) is 3. The van der Waals surface area contributed by atoms with Crippen LogP contribution in [0.25, 0.3) is 0 Å². The van der Waals surface area contributed by atoms with E-state index in [1.165, 1.54) is 0 Å². The second-order valence-corrected chi connectivity index (χ2v) is 8.07. The molecule has 0 bridgehead atoms. The fraction of sp³-hybridized carbons (Fsp3) is 0.842. The molecule has 142 valence electrons. The van der Waals surface area contributed by atoms with Gasteiger partial charge in [0.2, 0.25) is 11.8 Å². The molecule has 6 nitrogen and oxygen atoms in total. The van der Waals surface area contributed by atoms with Gasteiger partial charge in [0.15, 0.2) is 0 Å². The van der Waals surface area contributed by atoms with Gasteiger partial charge in [-0.05, 0) is 50.9 Å². The number of aliphatic carboxylic acids is 1. The molecule has 25 heavy (non-hydrogen) atoms. The van der Waals surface area contributed by atoms with Crippen molar-refractivity contribution in [1.29, 1.82) is 0 Å². The summed E-state index contributed by atoms with van der Waals surface area (Å²) in [6, 6.07) is -0.657. The standard InChI is InChI=1S/C19H32N2O4/c1-12(2)11-16(19(24)25)21-18(23)14-7-9-15(10-8-14)20-17(22)13-5-3-4-6-13/h12-16H,3-11H2,1-2H3,(H,20,22)(H,21,23)(H,24,25)/t14?,15?,16-/m1/s1. The summed E-state index contributed by atoms with van der Waals surface area (Å²) < 4.78 is 0. The van der Waals surface area contributed by atoms with Crippen molar-refractivity contribution >= 4 is 17.8 Å². The van der Waals surface area contributed by atoms with Crippen molar-refractivity contribution in [3.05, 3.63) is 0 Å². The van der Waals surface area contributed by atoms with Gasteiger partial charge in [-0.1, -0.05) is 26.7 Å². The molecule has 0 aliphatic heterocycles. The van der Waals surface area contributed by atoms with E-state index in [1.54, 1.807) is 0 Å². The van der Waals surface area contributed by atoms with Gasteiger partial charge in [0.25, 0.3) is 0 Å². The number of nitrogens with one attached hydrogen (secondary N) is 2. The summed E-state index contributed by atoms with van der Waals surface area (Å²) in [5.74, 6) is -0.716. The molecule has 2 aliphatic rings. The molecule has 2 rings (SSSR count). The van der Waals surface area contributed by atoms with Crippen LogP contribution in [0.3, 0.4) is 0 Å². The van der Waals surface area contributed by atoms with Crippen LogP contribution in [0.2, 0.25) is 0 Å². The maximum absolute atomic E-state index is 12.4. The van der Waals surface area contributed by atoms with Gasteiger partial charge in [0.1, 0.15) is 6.04 Å². The van der Waals surface area contributed by atoms with E-state index in [0.29, 0.717) is 19.3 Å². The number of carbonyl (C=O) groups is 3. The minimum absolute atomic E-state index is 0.145. The third-order valence-corrected chi connectivity index (χ3v) is 5.49. The first-order chi connectivity index (χ1) is 11.9. The molecule has 2 amide bonds. The van der Waals surface area contributed by atoms with Crippen molar-refractivity contribution in [1.82, 2.24) is 10.6 Å². The summed E-state index contributed by atoms with van der Waals surface area (Å²) >= 11 is 0. The van der Waals surface area contributed by atoms with E-state index in [1.807, 2.05) is 13.8 Å². The topological polar surface area (TPSA) is 95.5 Å². The summed E-state index contributed by atoms with van der Waals surface area (Å²) in [5.41, 5.74) is 0. The highest BCUT2D eigenvalue weighted by Crippen LogP contribution is 2.28. The molecule has 2 aliphatic carbocycles. The molecule has 0 heterocycles. The Morgan fingerprint density at radius 1 is 0.920 bits per heavy atom. The van der Waals surface area contributed by atoms with E-state index in [-0.39, 0.29) is 35.6 Å². The van der Waals surface area contributed by atoms with Crippen molar-refractivity contribution in [2.45, 2.75) is 83.7 Å². The van der Waals surface area contributed by atoms with Crippen molar-refractivity contribution in [2.75, 3.05) is 0 Å². The fourth-order valence-corrected chi connectivity index (χ4v) is 3.99. The van der Waals surface area contributed by atoms with E-state index in [0.717, 1.165) is 38.5 Å². The Morgan fingerprint density at radius 3 is 2.00 bits per heavy atom. The molecule has 1 atom stereocenters. The van der Waals surface area contributed by atoms with E-state index in [2.05, 4.69) is 10.6 Å². The second kappa shape index (κ2) is 9.20. The predicted octanol–water partition coefficient (Wildman–Crippen LogP) is 2.47. The lowest BCUT2D eigenvalue weighted by Crippen LogP contribution is -2.46. The van der Waals surface area contributed by atoms with Crippen LogP contribution >= 0.6 is 0 Å². The van der Waals surface area contributed by atoms with Crippen molar-refractivity contribution < 1.29 is 19.5 Å². The minimum Gasteiger partial charge on any atom is -0.480 e. The summed E-state index contributed by atoms with van der Waals surface area (Å²) in [4.78, 5) is 35.9. The zero-order valence-corrected chi connectivity index (χ0v) is 15.4. The van der Waals surface area contributed by atoms with Gasteiger partial charge in [-0.25, -0.2) is 4.79 Å². The van der Waals surface area contributed by atoms with Crippen LogP contribution in [0, 0.1) is 17.8 Å². The highest BCUT2D eigenvalue weighted by atomic mass is 16.4. The van der Waals surface area contributed by atoms with E-state index >= 15 is 0 Å². The number of carboxylic acids is 1. The van der Waals surface area contributed by atoms with Crippen molar-refractivity contribution in [3.63, 3.8) is 0 Å². The average Bonchev–Trinajstić information content (AvgIpc) is 3.09. The summed E-state index contributed by atoms with van der Waals surface area (Å²) in [5, 5.41) is 15.1. The molecule has 0 aromatic heterocycles. The fourth-order valence-electron chi connectivity index (χ4n) is 3.99. The summed E-state index contributed by atoms with van der Waals surface area (Å²) in [6.07, 6.45) is 7.71. The van der Waals surface area contributed by atoms with E-state index in [9.17, 15) is 19.5 Å². The highest BCUT2D eigenvalue weighted by molar-refractivity contribution is 5.85. The highest BCUT2D eigenvalue weighted by Gasteiger charge is 2.31. The van der Waals surface area contributed by atoms with Gasteiger partial charge in [-0.3, -0.25) is 9.59 Å². The average molecular weight is 352 g/mol. The number of hydrogen-bond donors (Lipinski definition) is 3. The van der Waals surface area contributed by atoms with Crippen LogP contribution in [0.5, 0.6) is 0 Å². The Hall–Kier alpha value is -1.59. The van der Waals surface area contributed by atoms with Crippen LogP contribution in [0.1, 0.15) is 71.6 Å². The first kappa shape index (κ1) is 19.7. The Labute approximate surface area is 150 Å². The first-order valence-corrected chi connectivity index (χ1v) is 9.70. The molecule has 2 fully saturated rings. The molecule has 0 unspecified atom stereocenters. The monoisotopic (exact) mass is 352 g/mol. The van der Waals surface area contributed by atoms with Gasteiger partial charge in [-0.2, -0.15) is 0 Å². The molecule has 0 radical (unpaired) electrons. The van der Waals surface area contributed by atoms with Crippen molar-refractivity contribution in [2.24, 2.45) is 17.8 Å². The molecular formula is C19H32N2O4. The first-order valence-electron chi connectivity index (χ1n) is 9.70. The lowest BCUT2D eigenvalue weighted by molar-refractivity contribution is -0.143. The zero-order chi connectivity index (χ0) is 18.4. The van der Waals surface area contributed by atoms with Crippen LogP contribution in [0.15, 0.2) is 0 Å². The largest absolute Gasteiger partial charge is 0.480 e. The summed E-state index contributed by atoms with van der Waals surface area (Å²) in [6.45, 7) is 3.89. The molecule has 0 aromatic carbocycles. The molecule has 6 heteroatoms. The number of carboxylic acid groups (broad SMARTS) is 1. The lowest BCUT2D eigenvalue weighted by atomic mass is 9.85. The van der Waals surface area contributed by atoms with Crippen molar-refractivity contribution in [3.8, 4) is 0 Å². The maximum Gasteiger partial charge on any atom is 0.326 e. The van der Waals surface area contributed by atoms with Crippen LogP contribution in [0.4, 0.5) is 0 Å². The number of rotatable bonds is 7. The molecule has 2 saturated carbocycles. The van der Waals surface area contributed by atoms with Crippen LogP contribution in [-0.2, 0) is 14.4 Å². The molecule has 0 spiro atoms. The van der Waals surface area contributed by atoms with Gasteiger partial charge in [-0.15, -0.1) is 0 Å². The SMILES string of the molecule is CC(C)C[C@@H](NC(=O)C1CCC(NC(=O)C2CCCC2)CC1)C(=O)O. The van der Waals surface area contributed by atoms with E-state index in [4.69, 9.17) is 0 Å². The molecular weight excluding hydrogens is 320 g/mol. The summed E-state index contributed by atoms with van der Waals surface area (Å²) in [7, 11) is 0. The third-order valence-electron chi connectivity index (χ3n) is 5.49. The number of amides is 2. The zero-order valence-electron chi connectivity index (χ0n) is 15.4. The Morgan fingerprint density at radius 2 is 1.48 bits per heavy atom.